The summed E-state index contributed by atoms with van der Waals surface area (Å²) in [6.45, 7) is 3.30. The van der Waals surface area contributed by atoms with Crippen LogP contribution in [0.25, 0.3) is 0 Å². The molecule has 0 spiro atoms. The van der Waals surface area contributed by atoms with Crippen molar-refractivity contribution < 1.29 is 19.4 Å². The second-order valence-electron chi connectivity index (χ2n) is 6.26. The highest BCUT2D eigenvalue weighted by Crippen LogP contribution is 2.21. The van der Waals surface area contributed by atoms with E-state index in [0.717, 1.165) is 12.8 Å². The van der Waals surface area contributed by atoms with Gasteiger partial charge in [0, 0.05) is 12.1 Å². The maximum atomic E-state index is 10.5. The molecule has 2 aliphatic carbocycles. The van der Waals surface area contributed by atoms with Crippen molar-refractivity contribution in [2.24, 2.45) is 5.73 Å². The van der Waals surface area contributed by atoms with Gasteiger partial charge in [0.1, 0.15) is 6.10 Å². The molecule has 5 heteroatoms. The molecule has 3 rings (SSSR count). The van der Waals surface area contributed by atoms with Gasteiger partial charge in [0.15, 0.2) is 0 Å². The average molecular weight is 347 g/mol. The van der Waals surface area contributed by atoms with Crippen molar-refractivity contribution in [2.45, 2.75) is 63.5 Å². The fourth-order valence-corrected chi connectivity index (χ4v) is 2.42. The van der Waals surface area contributed by atoms with Crippen LogP contribution < -0.4 is 5.73 Å². The first-order valence-corrected chi connectivity index (χ1v) is 8.90. The van der Waals surface area contributed by atoms with Crippen LogP contribution in [-0.2, 0) is 9.53 Å². The van der Waals surface area contributed by atoms with Crippen LogP contribution in [0.3, 0.4) is 0 Å². The van der Waals surface area contributed by atoms with Crippen LogP contribution in [0.1, 0.15) is 61.7 Å². The fraction of sp³-hybridized carbons (Fsp3) is 0.500. The molecule has 1 aromatic rings. The van der Waals surface area contributed by atoms with Gasteiger partial charge in [0.2, 0.25) is 0 Å². The molecule has 1 aromatic carbocycles. The molecule has 3 N–H and O–H groups in total. The predicted molar refractivity (Wildman–Crippen MR) is 98.4 cm³/mol. The first kappa shape index (κ1) is 20.9. The van der Waals surface area contributed by atoms with Crippen molar-refractivity contribution in [3.63, 3.8) is 0 Å². The zero-order valence-electron chi connectivity index (χ0n) is 14.7. The molecule has 0 saturated heterocycles. The van der Waals surface area contributed by atoms with Crippen molar-refractivity contribution in [2.75, 3.05) is 0 Å². The highest BCUT2D eigenvalue weighted by atomic mass is 16.5. The van der Waals surface area contributed by atoms with E-state index >= 15 is 0 Å². The minimum Gasteiger partial charge on any atom is -0.478 e. The molecule has 2 saturated carbocycles. The van der Waals surface area contributed by atoms with E-state index < -0.39 is 5.97 Å². The Balaban J connectivity index is 0.000000189. The molecule has 0 aromatic heterocycles. The number of carbonyl (C=O) groups is 2. The number of aromatic carboxylic acids is 1. The highest BCUT2D eigenvalue weighted by molar-refractivity contribution is 5.87. The minimum absolute atomic E-state index is 0.190. The number of carboxylic acid groups (broad SMARTS) is 1. The lowest BCUT2D eigenvalue weighted by Crippen LogP contribution is -2.23. The van der Waals surface area contributed by atoms with Gasteiger partial charge >= 0.3 is 11.9 Å². The van der Waals surface area contributed by atoms with Gasteiger partial charge in [-0.1, -0.05) is 44.0 Å². The summed E-state index contributed by atoms with van der Waals surface area (Å²) < 4.78 is 4.88. The van der Waals surface area contributed by atoms with Gasteiger partial charge in [-0.25, -0.2) is 9.59 Å². The third-order valence-corrected chi connectivity index (χ3v) is 4.17. The Morgan fingerprint density at radius 2 is 1.64 bits per heavy atom. The number of ether oxygens (including phenoxy) is 1. The number of nitrogens with two attached hydrogens (primary N) is 1. The third-order valence-electron chi connectivity index (χ3n) is 4.17. The molecular formula is C20H29NO4. The van der Waals surface area contributed by atoms with E-state index in [0.29, 0.717) is 11.6 Å². The first-order chi connectivity index (χ1) is 12.0. The SMILES string of the molecule is C=CC(=O)OC1CCC1.NC1CCCCC1.O=C(O)c1ccccc1. The summed E-state index contributed by atoms with van der Waals surface area (Å²) in [7, 11) is 0. The lowest BCUT2D eigenvalue weighted by atomic mass is 9.96. The quantitative estimate of drug-likeness (QED) is 0.639. The fourth-order valence-electron chi connectivity index (χ4n) is 2.42. The Bertz CT molecular complexity index is 520. The summed E-state index contributed by atoms with van der Waals surface area (Å²) in [5.41, 5.74) is 5.97. The van der Waals surface area contributed by atoms with Gasteiger partial charge < -0.3 is 15.6 Å². The zero-order valence-corrected chi connectivity index (χ0v) is 14.7. The second kappa shape index (κ2) is 12.3. The van der Waals surface area contributed by atoms with E-state index in [-0.39, 0.29) is 12.1 Å². The summed E-state index contributed by atoms with van der Waals surface area (Å²) >= 11 is 0. The minimum atomic E-state index is -0.879. The van der Waals surface area contributed by atoms with Crippen LogP contribution in [0, 0.1) is 0 Å². The molecule has 25 heavy (non-hydrogen) atoms. The van der Waals surface area contributed by atoms with E-state index in [1.54, 1.807) is 30.3 Å². The van der Waals surface area contributed by atoms with E-state index in [2.05, 4.69) is 6.58 Å². The molecule has 138 valence electrons. The number of benzene rings is 1. The number of rotatable bonds is 3. The molecule has 0 heterocycles. The Morgan fingerprint density at radius 3 is 1.96 bits per heavy atom. The molecule has 2 fully saturated rings. The first-order valence-electron chi connectivity index (χ1n) is 8.90. The monoisotopic (exact) mass is 347 g/mol. The lowest BCUT2D eigenvalue weighted by Gasteiger charge is -2.24. The van der Waals surface area contributed by atoms with E-state index in [1.807, 2.05) is 0 Å². The third kappa shape index (κ3) is 9.67. The normalized spacial score (nSPS) is 16.8. The average Bonchev–Trinajstić information content (AvgIpc) is 2.60. The van der Waals surface area contributed by atoms with Crippen molar-refractivity contribution in [3.05, 3.63) is 48.6 Å². The number of carbonyl (C=O) groups excluding carboxylic acids is 1. The van der Waals surface area contributed by atoms with Crippen LogP contribution in [0.4, 0.5) is 0 Å². The van der Waals surface area contributed by atoms with Crippen LogP contribution in [0.15, 0.2) is 43.0 Å². The van der Waals surface area contributed by atoms with Crippen LogP contribution in [-0.4, -0.2) is 29.2 Å². The Kier molecular flexibility index (Phi) is 10.2. The van der Waals surface area contributed by atoms with Crippen molar-refractivity contribution in [1.82, 2.24) is 0 Å². The van der Waals surface area contributed by atoms with Gasteiger partial charge in [-0.15, -0.1) is 0 Å². The molecular weight excluding hydrogens is 318 g/mol. The topological polar surface area (TPSA) is 89.6 Å². The molecule has 0 aliphatic heterocycles. The van der Waals surface area contributed by atoms with Crippen molar-refractivity contribution in [3.8, 4) is 0 Å². The molecule has 0 unspecified atom stereocenters. The predicted octanol–water partition coefficient (Wildman–Crippen LogP) is 3.93. The lowest BCUT2D eigenvalue weighted by molar-refractivity contribution is -0.146. The number of esters is 1. The summed E-state index contributed by atoms with van der Waals surface area (Å²) in [6.07, 6.45) is 11.3. The maximum Gasteiger partial charge on any atom is 0.335 e. The van der Waals surface area contributed by atoms with Crippen LogP contribution in [0.2, 0.25) is 0 Å². The largest absolute Gasteiger partial charge is 0.478 e. The summed E-state index contributed by atoms with van der Waals surface area (Å²) in [5.74, 6) is -1.17. The van der Waals surface area contributed by atoms with Gasteiger partial charge in [-0.2, -0.15) is 0 Å². The van der Waals surface area contributed by atoms with Crippen molar-refractivity contribution in [1.29, 1.82) is 0 Å². The molecule has 2 aliphatic rings. The van der Waals surface area contributed by atoms with E-state index in [9.17, 15) is 9.59 Å². The number of carboxylic acids is 1. The Hall–Kier alpha value is -2.14. The summed E-state index contributed by atoms with van der Waals surface area (Å²) in [4.78, 5) is 20.7. The van der Waals surface area contributed by atoms with E-state index in [1.165, 1.54) is 44.6 Å². The zero-order chi connectivity index (χ0) is 18.5. The molecule has 5 nitrogen and oxygen atoms in total. The smallest absolute Gasteiger partial charge is 0.335 e. The molecule has 0 atom stereocenters. The summed E-state index contributed by atoms with van der Waals surface area (Å²) in [5, 5.41) is 8.38. The molecule has 0 bridgehead atoms. The Labute approximate surface area is 149 Å². The van der Waals surface area contributed by atoms with Gasteiger partial charge in [-0.3, -0.25) is 0 Å². The number of hydrogen-bond donors (Lipinski definition) is 2. The Morgan fingerprint density at radius 1 is 1.04 bits per heavy atom. The molecule has 0 amide bonds. The van der Waals surface area contributed by atoms with Crippen LogP contribution >= 0.6 is 0 Å². The van der Waals surface area contributed by atoms with Crippen LogP contribution in [0.5, 0.6) is 0 Å². The highest BCUT2D eigenvalue weighted by Gasteiger charge is 2.19. The molecule has 0 radical (unpaired) electrons. The van der Waals surface area contributed by atoms with Gasteiger partial charge in [0.25, 0.3) is 0 Å². The maximum absolute atomic E-state index is 10.5. The summed E-state index contributed by atoms with van der Waals surface area (Å²) in [6, 6.07) is 8.83. The van der Waals surface area contributed by atoms with Gasteiger partial charge in [0.05, 0.1) is 5.56 Å². The van der Waals surface area contributed by atoms with Crippen molar-refractivity contribution >= 4 is 11.9 Å². The van der Waals surface area contributed by atoms with E-state index in [4.69, 9.17) is 15.6 Å². The standard InChI is InChI=1S/C7H10O2.C7H6O2.C6H13N/c1-2-7(8)9-6-4-3-5-6;8-7(9)6-4-2-1-3-5-6;7-6-4-2-1-3-5-6/h2,6H,1,3-5H2;1-5H,(H,8,9);6H,1-5,7H2. The second-order valence-corrected chi connectivity index (χ2v) is 6.26. The van der Waals surface area contributed by atoms with Gasteiger partial charge in [-0.05, 0) is 44.2 Å². The number of hydrogen-bond acceptors (Lipinski definition) is 4.